The molecule has 98 valence electrons. The van der Waals surface area contributed by atoms with Gasteiger partial charge in [0.15, 0.2) is 0 Å². The van der Waals surface area contributed by atoms with Crippen LogP contribution in [0.4, 0.5) is 10.0 Å². The Morgan fingerprint density at radius 1 is 1.47 bits per heavy atom. The summed E-state index contributed by atoms with van der Waals surface area (Å²) >= 11 is 0. The summed E-state index contributed by atoms with van der Waals surface area (Å²) in [5.74, 6) is 1.62. The van der Waals surface area contributed by atoms with Gasteiger partial charge in [0.25, 0.3) is 0 Å². The van der Waals surface area contributed by atoms with E-state index in [4.69, 9.17) is 14.9 Å². The molecule has 0 bridgehead atoms. The first-order valence-electron chi connectivity index (χ1n) is 5.76. The fourth-order valence-electron chi connectivity index (χ4n) is 1.98. The summed E-state index contributed by atoms with van der Waals surface area (Å²) in [7, 11) is 0.400. The van der Waals surface area contributed by atoms with E-state index in [9.17, 15) is 9.11 Å². The number of aryl methyl sites for hydroxylation is 2. The zero-order valence-corrected chi connectivity index (χ0v) is 10.7. The van der Waals surface area contributed by atoms with Gasteiger partial charge in [-0.1, -0.05) is 0 Å². The number of nitrogens with two attached hydrogens (primary N) is 1. The molecular weight excluding hydrogens is 248 g/mol. The molecule has 1 aromatic heterocycles. The summed E-state index contributed by atoms with van der Waals surface area (Å²) < 4.78 is 22.5. The molecule has 2 rings (SSSR count). The van der Waals surface area contributed by atoms with E-state index in [-0.39, 0.29) is 6.61 Å². The molecule has 19 heavy (non-hydrogen) atoms. The van der Waals surface area contributed by atoms with Crippen molar-refractivity contribution in [3.8, 4) is 5.75 Å². The van der Waals surface area contributed by atoms with E-state index in [1.54, 1.807) is 13.0 Å². The molecule has 0 amide bonds. The number of benzene rings is 1. The third kappa shape index (κ3) is 2.52. The Labute approximate surface area is 109 Å². The van der Waals surface area contributed by atoms with E-state index < -0.39 is 5.63 Å². The summed E-state index contributed by atoms with van der Waals surface area (Å²) in [6, 6.07) is 3.10. The summed E-state index contributed by atoms with van der Waals surface area (Å²) in [6.07, 6.45) is 0. The van der Waals surface area contributed by atoms with Gasteiger partial charge in [-0.2, -0.15) is 0 Å². The van der Waals surface area contributed by atoms with Gasteiger partial charge in [0.2, 0.25) is 0 Å². The molecule has 4 nitrogen and oxygen atoms in total. The SMILES string of the molecule is Cc1cc(=O)oc2c(C)c(OCC=BF)c(N)cc12. The van der Waals surface area contributed by atoms with Crippen LogP contribution in [-0.2, 0) is 0 Å². The molecule has 0 atom stereocenters. The number of rotatable bonds is 3. The number of anilines is 1. The maximum absolute atomic E-state index is 11.9. The molecule has 0 aliphatic rings. The Balaban J connectivity index is 2.63. The molecule has 1 aromatic carbocycles. The van der Waals surface area contributed by atoms with Gasteiger partial charge in [-0.3, -0.25) is 0 Å². The molecule has 0 aliphatic carbocycles. The van der Waals surface area contributed by atoms with Gasteiger partial charge in [-0.05, 0) is 0 Å². The summed E-state index contributed by atoms with van der Waals surface area (Å²) in [5, 5.41) is 0.767. The van der Waals surface area contributed by atoms with Crippen molar-refractivity contribution in [2.24, 2.45) is 0 Å². The van der Waals surface area contributed by atoms with Gasteiger partial charge >= 0.3 is 109 Å². The van der Waals surface area contributed by atoms with E-state index >= 15 is 0 Å². The van der Waals surface area contributed by atoms with E-state index in [1.807, 2.05) is 6.92 Å². The van der Waals surface area contributed by atoms with Crippen LogP contribution < -0.4 is 16.1 Å². The Kier molecular flexibility index (Phi) is 3.69. The normalized spacial score (nSPS) is 10.9. The predicted octanol–water partition coefficient (Wildman–Crippen LogP) is 1.76. The summed E-state index contributed by atoms with van der Waals surface area (Å²) in [6.45, 7) is 3.61. The van der Waals surface area contributed by atoms with Crippen molar-refractivity contribution in [3.63, 3.8) is 0 Å². The second kappa shape index (κ2) is 5.26. The minimum atomic E-state index is -0.424. The molecule has 0 saturated carbocycles. The van der Waals surface area contributed by atoms with E-state index in [0.29, 0.717) is 29.8 Å². The summed E-state index contributed by atoms with van der Waals surface area (Å²) in [4.78, 5) is 11.4. The predicted molar refractivity (Wildman–Crippen MR) is 74.8 cm³/mol. The molecule has 0 radical (unpaired) electrons. The standard InChI is InChI=1S/C13H13BFNO3/c1-7-5-11(17)19-12-8(2)13(18-4-3-14-15)10(16)6-9(7)12/h3,5-6H,4,16H2,1-2H3. The Morgan fingerprint density at radius 2 is 2.21 bits per heavy atom. The monoisotopic (exact) mass is 261 g/mol. The quantitative estimate of drug-likeness (QED) is 0.519. The third-order valence-corrected chi connectivity index (χ3v) is 2.86. The van der Waals surface area contributed by atoms with Crippen LogP contribution in [0.25, 0.3) is 11.0 Å². The zero-order chi connectivity index (χ0) is 14.0. The third-order valence-electron chi connectivity index (χ3n) is 2.86. The fraction of sp³-hybridized carbons (Fsp3) is 0.231. The number of hydrogen-bond acceptors (Lipinski definition) is 4. The van der Waals surface area contributed by atoms with Crippen molar-refractivity contribution in [1.82, 2.24) is 0 Å². The van der Waals surface area contributed by atoms with Crippen LogP contribution in [0, 0.1) is 13.8 Å². The van der Waals surface area contributed by atoms with Crippen molar-refractivity contribution in [1.29, 1.82) is 0 Å². The first-order chi connectivity index (χ1) is 9.04. The molecule has 1 heterocycles. The van der Waals surface area contributed by atoms with Crippen molar-refractivity contribution >= 4 is 29.8 Å². The zero-order valence-electron chi connectivity index (χ0n) is 10.7. The molecular formula is C13H13BFNO3. The van der Waals surface area contributed by atoms with E-state index in [2.05, 4.69) is 0 Å². The van der Waals surface area contributed by atoms with Crippen LogP contribution in [0.2, 0.25) is 0 Å². The number of ether oxygens (including phenoxy) is 1. The average Bonchev–Trinajstić information content (AvgIpc) is 2.35. The van der Waals surface area contributed by atoms with Crippen molar-refractivity contribution < 1.29 is 13.5 Å². The van der Waals surface area contributed by atoms with Gasteiger partial charge in [0.1, 0.15) is 0 Å². The second-order valence-electron chi connectivity index (χ2n) is 4.22. The fourth-order valence-corrected chi connectivity index (χ4v) is 1.98. The number of fused-ring (bicyclic) bond motifs is 1. The Bertz CT molecular complexity index is 709. The van der Waals surface area contributed by atoms with Gasteiger partial charge in [-0.15, -0.1) is 0 Å². The molecule has 0 saturated heterocycles. The van der Waals surface area contributed by atoms with Crippen molar-refractivity contribution in [3.05, 3.63) is 33.7 Å². The Hall–Kier alpha value is -2.11. The molecule has 2 N–H and O–H groups in total. The molecule has 6 heteroatoms. The van der Waals surface area contributed by atoms with Crippen LogP contribution in [0.15, 0.2) is 21.3 Å². The second-order valence-corrected chi connectivity index (χ2v) is 4.22. The molecule has 0 unspecified atom stereocenters. The number of halogens is 1. The average molecular weight is 261 g/mol. The van der Waals surface area contributed by atoms with Crippen LogP contribution >= 0.6 is 0 Å². The first kappa shape index (κ1) is 13.3. The summed E-state index contributed by atoms with van der Waals surface area (Å²) in [5.41, 5.74) is 7.77. The van der Waals surface area contributed by atoms with E-state index in [0.717, 1.165) is 10.9 Å². The van der Waals surface area contributed by atoms with Gasteiger partial charge in [-0.25, -0.2) is 0 Å². The van der Waals surface area contributed by atoms with E-state index in [1.165, 1.54) is 12.0 Å². The van der Waals surface area contributed by atoms with Gasteiger partial charge in [0, 0.05) is 0 Å². The molecule has 0 spiro atoms. The van der Waals surface area contributed by atoms with Crippen molar-refractivity contribution in [2.75, 3.05) is 12.3 Å². The topological polar surface area (TPSA) is 65.5 Å². The molecule has 2 aromatic rings. The minimum absolute atomic E-state index is 0.0586. The number of hydrogen-bond donors (Lipinski definition) is 1. The molecule has 0 aliphatic heterocycles. The van der Waals surface area contributed by atoms with Crippen molar-refractivity contribution in [2.45, 2.75) is 13.8 Å². The van der Waals surface area contributed by atoms with Gasteiger partial charge in [0.05, 0.1) is 0 Å². The van der Waals surface area contributed by atoms with Crippen LogP contribution in [0.3, 0.4) is 0 Å². The Morgan fingerprint density at radius 3 is 2.89 bits per heavy atom. The number of nitrogen functional groups attached to an aromatic ring is 1. The molecule has 0 fully saturated rings. The first-order valence-corrected chi connectivity index (χ1v) is 5.76. The van der Waals surface area contributed by atoms with Gasteiger partial charge < -0.3 is 0 Å². The van der Waals surface area contributed by atoms with Crippen LogP contribution in [0.1, 0.15) is 11.1 Å². The van der Waals surface area contributed by atoms with Crippen LogP contribution in [-0.4, -0.2) is 19.8 Å². The maximum atomic E-state index is 11.9. The van der Waals surface area contributed by atoms with Crippen LogP contribution in [0.5, 0.6) is 5.75 Å².